The van der Waals surface area contributed by atoms with Crippen molar-refractivity contribution < 1.29 is 23.5 Å². The van der Waals surface area contributed by atoms with E-state index in [1.165, 1.54) is 6.26 Å². The molecule has 0 fully saturated rings. The molecule has 4 rings (SSSR count). The van der Waals surface area contributed by atoms with Crippen LogP contribution in [-0.2, 0) is 11.3 Å². The highest BCUT2D eigenvalue weighted by atomic mass is 16.5. The van der Waals surface area contributed by atoms with E-state index in [2.05, 4.69) is 15.7 Å². The molecule has 180 valence electrons. The van der Waals surface area contributed by atoms with Crippen molar-refractivity contribution in [3.05, 3.63) is 84.4 Å². The van der Waals surface area contributed by atoms with Gasteiger partial charge in [-0.1, -0.05) is 18.2 Å². The highest BCUT2D eigenvalue weighted by molar-refractivity contribution is 6.02. The third kappa shape index (κ3) is 5.35. The number of hydrogen-bond acceptors (Lipinski definition) is 6. The third-order valence-electron chi connectivity index (χ3n) is 5.40. The number of aromatic nitrogens is 2. The van der Waals surface area contributed by atoms with E-state index in [4.69, 9.17) is 13.9 Å². The molecule has 2 aromatic carbocycles. The fourth-order valence-electron chi connectivity index (χ4n) is 3.53. The second kappa shape index (κ2) is 10.6. The number of amides is 2. The molecule has 2 N–H and O–H groups in total. The lowest BCUT2D eigenvalue weighted by Gasteiger charge is -2.14. The van der Waals surface area contributed by atoms with Gasteiger partial charge in [-0.3, -0.25) is 9.59 Å². The summed E-state index contributed by atoms with van der Waals surface area (Å²) in [7, 11) is 3.11. The van der Waals surface area contributed by atoms with Crippen molar-refractivity contribution >= 4 is 11.8 Å². The first-order valence-electron chi connectivity index (χ1n) is 11.0. The number of methoxy groups -OCH3 is 2. The number of carbonyl (C=O) groups excluding carboxylic acids is 2. The summed E-state index contributed by atoms with van der Waals surface area (Å²) < 4.78 is 17.7. The number of hydrogen-bond donors (Lipinski definition) is 2. The molecule has 0 saturated carbocycles. The van der Waals surface area contributed by atoms with Gasteiger partial charge in [-0.05, 0) is 49.4 Å². The average molecular weight is 475 g/mol. The van der Waals surface area contributed by atoms with Crippen LogP contribution in [0.25, 0.3) is 16.9 Å². The second-order valence-corrected chi connectivity index (χ2v) is 7.73. The van der Waals surface area contributed by atoms with Crippen LogP contribution >= 0.6 is 0 Å². The third-order valence-corrected chi connectivity index (χ3v) is 5.40. The molecule has 0 spiro atoms. The largest absolute Gasteiger partial charge is 0.497 e. The van der Waals surface area contributed by atoms with Crippen LogP contribution in [0, 0.1) is 0 Å². The summed E-state index contributed by atoms with van der Waals surface area (Å²) in [5.41, 5.74) is 2.04. The Morgan fingerprint density at radius 2 is 1.86 bits per heavy atom. The van der Waals surface area contributed by atoms with Gasteiger partial charge in [0.1, 0.15) is 29.0 Å². The van der Waals surface area contributed by atoms with Crippen molar-refractivity contribution in [2.24, 2.45) is 0 Å². The molecule has 0 bridgehead atoms. The highest BCUT2D eigenvalue weighted by Crippen LogP contribution is 2.35. The fourth-order valence-corrected chi connectivity index (χ4v) is 3.53. The van der Waals surface area contributed by atoms with Gasteiger partial charge in [0, 0.05) is 11.8 Å². The van der Waals surface area contributed by atoms with E-state index in [9.17, 15) is 9.59 Å². The number of nitrogens with one attached hydrogen (secondary N) is 2. The topological polar surface area (TPSA) is 108 Å². The Kier molecular flexibility index (Phi) is 7.15. The highest BCUT2D eigenvalue weighted by Gasteiger charge is 2.24. The predicted octanol–water partition coefficient (Wildman–Crippen LogP) is 3.58. The van der Waals surface area contributed by atoms with Crippen molar-refractivity contribution in [2.75, 3.05) is 14.2 Å². The first-order valence-corrected chi connectivity index (χ1v) is 11.0. The summed E-state index contributed by atoms with van der Waals surface area (Å²) in [6.45, 7) is 1.84. The lowest BCUT2D eigenvalue weighted by atomic mass is 10.1. The van der Waals surface area contributed by atoms with E-state index < -0.39 is 11.9 Å². The number of para-hydroxylation sites is 1. The molecule has 0 aliphatic heterocycles. The summed E-state index contributed by atoms with van der Waals surface area (Å²) in [5.74, 6) is 0.946. The Balaban J connectivity index is 1.64. The number of benzene rings is 2. The van der Waals surface area contributed by atoms with Gasteiger partial charge in [0.2, 0.25) is 5.91 Å². The Hall–Kier alpha value is -4.53. The minimum atomic E-state index is -0.794. The Labute approximate surface area is 202 Å². The van der Waals surface area contributed by atoms with Gasteiger partial charge in [0.05, 0.1) is 38.3 Å². The molecule has 35 heavy (non-hydrogen) atoms. The van der Waals surface area contributed by atoms with E-state index in [1.807, 2.05) is 30.3 Å². The minimum absolute atomic E-state index is 0.226. The first-order chi connectivity index (χ1) is 17.0. The van der Waals surface area contributed by atoms with Crippen LogP contribution in [0.2, 0.25) is 0 Å². The number of nitrogens with zero attached hydrogens (tertiary/aromatic N) is 2. The molecule has 9 heteroatoms. The summed E-state index contributed by atoms with van der Waals surface area (Å²) in [6.07, 6.45) is 3.16. The van der Waals surface area contributed by atoms with Gasteiger partial charge < -0.3 is 24.5 Å². The quantitative estimate of drug-likeness (QED) is 0.384. The van der Waals surface area contributed by atoms with E-state index in [0.29, 0.717) is 28.5 Å². The average Bonchev–Trinajstić information content (AvgIpc) is 3.57. The molecule has 2 heterocycles. The molecule has 0 aliphatic rings. The second-order valence-electron chi connectivity index (χ2n) is 7.73. The molecule has 2 amide bonds. The summed E-state index contributed by atoms with van der Waals surface area (Å²) >= 11 is 0. The van der Waals surface area contributed by atoms with Crippen LogP contribution in [-0.4, -0.2) is 41.9 Å². The van der Waals surface area contributed by atoms with Crippen molar-refractivity contribution in [3.8, 4) is 28.4 Å². The van der Waals surface area contributed by atoms with Crippen LogP contribution in [0.4, 0.5) is 0 Å². The van der Waals surface area contributed by atoms with E-state index in [1.54, 1.807) is 62.4 Å². The van der Waals surface area contributed by atoms with Crippen LogP contribution in [0.15, 0.2) is 77.5 Å². The molecular formula is C26H26N4O5. The summed E-state index contributed by atoms with van der Waals surface area (Å²) in [6, 6.07) is 17.4. The first kappa shape index (κ1) is 23.6. The van der Waals surface area contributed by atoms with Gasteiger partial charge in [-0.25, -0.2) is 4.68 Å². The molecule has 1 atom stereocenters. The predicted molar refractivity (Wildman–Crippen MR) is 130 cm³/mol. The fraction of sp³-hybridized carbons (Fsp3) is 0.192. The summed E-state index contributed by atoms with van der Waals surface area (Å²) in [4.78, 5) is 25.9. The molecule has 0 saturated heterocycles. The summed E-state index contributed by atoms with van der Waals surface area (Å²) in [5, 5.41) is 10.2. The standard InChI is InChI=1S/C26H26N4O5/c1-17(25(31)27-15-20-10-7-13-35-20)28-26(32)22-16-30(18-8-5-4-6-9-18)29-24(22)21-14-19(33-2)11-12-23(21)34-3/h4-14,16-17H,15H2,1-3H3,(H,27,31)(H,28,32). The van der Waals surface area contributed by atoms with Gasteiger partial charge in [0.15, 0.2) is 0 Å². The van der Waals surface area contributed by atoms with E-state index in [0.717, 1.165) is 5.69 Å². The van der Waals surface area contributed by atoms with Gasteiger partial charge in [0.25, 0.3) is 5.91 Å². The van der Waals surface area contributed by atoms with Crippen molar-refractivity contribution in [2.45, 2.75) is 19.5 Å². The van der Waals surface area contributed by atoms with Crippen LogP contribution in [0.3, 0.4) is 0 Å². The monoisotopic (exact) mass is 474 g/mol. The molecule has 1 unspecified atom stereocenters. The van der Waals surface area contributed by atoms with Crippen LogP contribution in [0.5, 0.6) is 11.5 Å². The zero-order valence-electron chi connectivity index (χ0n) is 19.6. The van der Waals surface area contributed by atoms with Gasteiger partial charge >= 0.3 is 0 Å². The van der Waals surface area contributed by atoms with Crippen molar-refractivity contribution in [3.63, 3.8) is 0 Å². The zero-order chi connectivity index (χ0) is 24.8. The molecule has 0 radical (unpaired) electrons. The van der Waals surface area contributed by atoms with Crippen LogP contribution in [0.1, 0.15) is 23.0 Å². The van der Waals surface area contributed by atoms with Crippen molar-refractivity contribution in [1.82, 2.24) is 20.4 Å². The Morgan fingerprint density at radius 1 is 1.06 bits per heavy atom. The smallest absolute Gasteiger partial charge is 0.255 e. The number of carbonyl (C=O) groups is 2. The zero-order valence-corrected chi connectivity index (χ0v) is 19.6. The minimum Gasteiger partial charge on any atom is -0.497 e. The SMILES string of the molecule is COc1ccc(OC)c(-c2nn(-c3ccccc3)cc2C(=O)NC(C)C(=O)NCc2ccco2)c1. The lowest BCUT2D eigenvalue weighted by molar-refractivity contribution is -0.122. The molecule has 0 aliphatic carbocycles. The van der Waals surface area contributed by atoms with Gasteiger partial charge in [-0.15, -0.1) is 0 Å². The Bertz CT molecular complexity index is 1300. The maximum Gasteiger partial charge on any atom is 0.255 e. The normalized spacial score (nSPS) is 11.5. The van der Waals surface area contributed by atoms with Crippen LogP contribution < -0.4 is 20.1 Å². The maximum absolute atomic E-state index is 13.4. The van der Waals surface area contributed by atoms with E-state index in [-0.39, 0.29) is 18.0 Å². The molecule has 9 nitrogen and oxygen atoms in total. The maximum atomic E-state index is 13.4. The number of ether oxygens (including phenoxy) is 2. The lowest BCUT2D eigenvalue weighted by Crippen LogP contribution is -2.44. The molecule has 2 aromatic heterocycles. The molecule has 4 aromatic rings. The number of furan rings is 1. The van der Waals surface area contributed by atoms with E-state index >= 15 is 0 Å². The van der Waals surface area contributed by atoms with Gasteiger partial charge in [-0.2, -0.15) is 5.10 Å². The Morgan fingerprint density at radius 3 is 2.54 bits per heavy atom. The van der Waals surface area contributed by atoms with Crippen molar-refractivity contribution in [1.29, 1.82) is 0 Å². The molecular weight excluding hydrogens is 448 g/mol. The number of rotatable bonds is 9.